The van der Waals surface area contributed by atoms with Gasteiger partial charge in [0.05, 0.1) is 5.56 Å². The summed E-state index contributed by atoms with van der Waals surface area (Å²) in [5.41, 5.74) is -4.33. The van der Waals surface area contributed by atoms with Gasteiger partial charge in [-0.05, 0) is 29.8 Å². The highest BCUT2D eigenvalue weighted by atomic mass is 35.5. The molecular formula is C23H12Cl2O11. The Labute approximate surface area is 208 Å². The predicted molar refractivity (Wildman–Crippen MR) is 124 cm³/mol. The van der Waals surface area contributed by atoms with Crippen LogP contribution in [0.25, 0.3) is 33.4 Å². The Balaban J connectivity index is 2.38. The van der Waals surface area contributed by atoms with E-state index in [0.717, 1.165) is 30.3 Å². The third kappa shape index (κ3) is 3.80. The molecule has 0 spiro atoms. The summed E-state index contributed by atoms with van der Waals surface area (Å²) in [5.74, 6) is -6.10. The molecular weight excluding hydrogens is 523 g/mol. The van der Waals surface area contributed by atoms with Crippen LogP contribution in [0.2, 0.25) is 10.0 Å². The van der Waals surface area contributed by atoms with E-state index >= 15 is 0 Å². The van der Waals surface area contributed by atoms with Crippen LogP contribution in [0, 0.1) is 0 Å². The van der Waals surface area contributed by atoms with Gasteiger partial charge < -0.3 is 35.1 Å². The number of halogens is 2. The molecule has 0 unspecified atom stereocenters. The highest BCUT2D eigenvalue weighted by Crippen LogP contribution is 2.48. The number of fused-ring (bicyclic) bond motifs is 2. The summed E-state index contributed by atoms with van der Waals surface area (Å²) in [7, 11) is 0. The van der Waals surface area contributed by atoms with Gasteiger partial charge in [0.2, 0.25) is 5.43 Å². The number of benzene rings is 3. The fourth-order valence-electron chi connectivity index (χ4n) is 3.78. The first-order valence-electron chi connectivity index (χ1n) is 9.69. The summed E-state index contributed by atoms with van der Waals surface area (Å²) in [6, 6.07) is 4.98. The first kappa shape index (κ1) is 24.9. The monoisotopic (exact) mass is 534 g/mol. The van der Waals surface area contributed by atoms with Gasteiger partial charge >= 0.3 is 17.9 Å². The van der Waals surface area contributed by atoms with Gasteiger partial charge in [-0.2, -0.15) is 0 Å². The van der Waals surface area contributed by atoms with Crippen molar-refractivity contribution in [3.8, 4) is 28.2 Å². The van der Waals surface area contributed by atoms with Gasteiger partial charge in [0.1, 0.15) is 21.2 Å². The van der Waals surface area contributed by atoms with Crippen LogP contribution in [-0.4, -0.2) is 48.5 Å². The Morgan fingerprint density at radius 1 is 0.806 bits per heavy atom. The Bertz CT molecular complexity index is 1650. The highest BCUT2D eigenvalue weighted by molar-refractivity contribution is 6.38. The van der Waals surface area contributed by atoms with Gasteiger partial charge in [-0.25, -0.2) is 14.4 Å². The lowest BCUT2D eigenvalue weighted by Gasteiger charge is -2.20. The van der Waals surface area contributed by atoms with E-state index in [1.165, 1.54) is 0 Å². The van der Waals surface area contributed by atoms with E-state index in [2.05, 4.69) is 0 Å². The minimum atomic E-state index is -2.05. The molecule has 2 aromatic rings. The number of aliphatic hydroxyl groups is 2. The van der Waals surface area contributed by atoms with Crippen LogP contribution in [0.4, 0.5) is 0 Å². The van der Waals surface area contributed by atoms with Crippen molar-refractivity contribution in [2.45, 2.75) is 6.29 Å². The van der Waals surface area contributed by atoms with Gasteiger partial charge in [-0.15, -0.1) is 0 Å². The van der Waals surface area contributed by atoms with E-state index in [0.29, 0.717) is 0 Å². The van der Waals surface area contributed by atoms with Crippen molar-refractivity contribution in [2.75, 3.05) is 0 Å². The fraction of sp³-hybridized carbons (Fsp3) is 0.0435. The summed E-state index contributed by atoms with van der Waals surface area (Å²) in [6.45, 7) is 0. The molecule has 2 aliphatic rings. The number of carbonyl (C=O) groups is 3. The maximum atomic E-state index is 12.5. The second kappa shape index (κ2) is 8.81. The number of aromatic hydroxyl groups is 1. The molecule has 2 aromatic carbocycles. The third-order valence-electron chi connectivity index (χ3n) is 5.42. The summed E-state index contributed by atoms with van der Waals surface area (Å²) in [5, 5.41) is 56.9. The van der Waals surface area contributed by atoms with Crippen molar-refractivity contribution in [1.29, 1.82) is 0 Å². The first-order chi connectivity index (χ1) is 16.8. The van der Waals surface area contributed by atoms with E-state index in [1.54, 1.807) is 0 Å². The quantitative estimate of drug-likeness (QED) is 0.161. The number of phenols is 1. The van der Waals surface area contributed by atoms with E-state index < -0.39 is 73.5 Å². The fourth-order valence-corrected chi connectivity index (χ4v) is 4.27. The smallest absolute Gasteiger partial charge is 0.339 e. The number of hydrogen-bond acceptors (Lipinski definition) is 8. The van der Waals surface area contributed by atoms with E-state index in [4.69, 9.17) is 27.6 Å². The SMILES string of the molecule is O=C(O)c1ccc(C(O)O)cc1-c1c2cc(C(=O)O)c(=O)c(Cl)c-2oc2c(Cl)c(O)c(C(=O)O)cc12. The van der Waals surface area contributed by atoms with Crippen LogP contribution >= 0.6 is 23.2 Å². The van der Waals surface area contributed by atoms with Gasteiger partial charge in [0.25, 0.3) is 0 Å². The van der Waals surface area contributed by atoms with Crippen molar-refractivity contribution < 1.29 is 49.4 Å². The first-order valence-corrected chi connectivity index (χ1v) is 10.5. The van der Waals surface area contributed by atoms with E-state index in [9.17, 15) is 49.8 Å². The minimum Gasteiger partial charge on any atom is -0.505 e. The predicted octanol–water partition coefficient (Wildman–Crippen LogP) is 3.66. The molecule has 11 nitrogen and oxygen atoms in total. The molecule has 1 aliphatic carbocycles. The molecule has 4 rings (SSSR count). The molecule has 184 valence electrons. The van der Waals surface area contributed by atoms with Crippen LogP contribution in [0.5, 0.6) is 5.75 Å². The maximum absolute atomic E-state index is 12.5. The molecule has 0 aromatic heterocycles. The molecule has 0 saturated heterocycles. The summed E-state index contributed by atoms with van der Waals surface area (Å²) in [6.07, 6.45) is -2.05. The zero-order valence-corrected chi connectivity index (χ0v) is 19.0. The van der Waals surface area contributed by atoms with Gasteiger partial charge in [0, 0.05) is 22.1 Å². The van der Waals surface area contributed by atoms with Crippen LogP contribution < -0.4 is 5.43 Å². The second-order valence-electron chi connectivity index (χ2n) is 7.48. The van der Waals surface area contributed by atoms with Crippen LogP contribution in [0.1, 0.15) is 42.9 Å². The number of aliphatic hydroxyl groups excluding tert-OH is 1. The topological polar surface area (TPSA) is 203 Å². The van der Waals surface area contributed by atoms with Crippen molar-refractivity contribution >= 4 is 52.1 Å². The molecule has 0 atom stereocenters. The number of carboxylic acids is 3. The Morgan fingerprint density at radius 3 is 1.97 bits per heavy atom. The molecule has 0 saturated carbocycles. The molecule has 13 heteroatoms. The van der Waals surface area contributed by atoms with Crippen LogP contribution in [0.15, 0.2) is 39.5 Å². The third-order valence-corrected chi connectivity index (χ3v) is 6.11. The number of aromatic carboxylic acids is 3. The standard InChI is InChI=1S/C23H12Cl2O11/c24-14-16(26)11(22(32)33)4-9-13(8-3-6(20(28)29)1-2-7(8)21(30)31)10-5-12(23(34)35)17(27)15(25)19(10)36-18(9)14/h1-5,20,26,28-29H,(H,30,31)(H,32,33)(H,34,35). The lowest BCUT2D eigenvalue weighted by Crippen LogP contribution is -2.17. The Morgan fingerprint density at radius 2 is 1.42 bits per heavy atom. The van der Waals surface area contributed by atoms with Gasteiger partial charge in [0.15, 0.2) is 23.4 Å². The zero-order valence-electron chi connectivity index (χ0n) is 17.4. The molecule has 36 heavy (non-hydrogen) atoms. The normalized spacial score (nSPS) is 11.4. The molecule has 1 heterocycles. The molecule has 6 N–H and O–H groups in total. The maximum Gasteiger partial charge on any atom is 0.339 e. The van der Waals surface area contributed by atoms with Crippen molar-refractivity contribution in [3.63, 3.8) is 0 Å². The van der Waals surface area contributed by atoms with Crippen molar-refractivity contribution in [2.24, 2.45) is 0 Å². The Kier molecular flexibility index (Phi) is 6.10. The van der Waals surface area contributed by atoms with Crippen molar-refractivity contribution in [1.82, 2.24) is 0 Å². The molecule has 0 bridgehead atoms. The molecule has 0 amide bonds. The van der Waals surface area contributed by atoms with Gasteiger partial charge in [-0.1, -0.05) is 29.3 Å². The molecule has 0 fully saturated rings. The lowest BCUT2D eigenvalue weighted by molar-refractivity contribution is -0.0424. The summed E-state index contributed by atoms with van der Waals surface area (Å²) in [4.78, 5) is 48.0. The van der Waals surface area contributed by atoms with Crippen LogP contribution in [-0.2, 0) is 0 Å². The molecule has 1 aliphatic heterocycles. The minimum absolute atomic E-state index is 0.176. The average molecular weight is 535 g/mol. The highest BCUT2D eigenvalue weighted by Gasteiger charge is 2.30. The zero-order chi connectivity index (χ0) is 26.6. The second-order valence-corrected chi connectivity index (χ2v) is 8.23. The summed E-state index contributed by atoms with van der Waals surface area (Å²) < 4.78 is 5.62. The number of carboxylic acid groups (broad SMARTS) is 3. The number of rotatable bonds is 5. The lowest BCUT2D eigenvalue weighted by atomic mass is 9.88. The van der Waals surface area contributed by atoms with E-state index in [1.807, 2.05) is 0 Å². The van der Waals surface area contributed by atoms with Gasteiger partial charge in [-0.3, -0.25) is 4.79 Å². The Hall–Kier alpha value is -4.16. The van der Waals surface area contributed by atoms with Crippen LogP contribution in [0.3, 0.4) is 0 Å². The van der Waals surface area contributed by atoms with E-state index in [-0.39, 0.29) is 27.6 Å². The summed E-state index contributed by atoms with van der Waals surface area (Å²) >= 11 is 12.3. The molecule has 0 radical (unpaired) electrons. The average Bonchev–Trinajstić information content (AvgIpc) is 2.81. The largest absolute Gasteiger partial charge is 0.505 e. The number of hydrogen-bond donors (Lipinski definition) is 6. The van der Waals surface area contributed by atoms with Crippen molar-refractivity contribution in [3.05, 3.63) is 72.9 Å².